The predicted octanol–water partition coefficient (Wildman–Crippen LogP) is 2.86. The first-order chi connectivity index (χ1) is 6.16. The van der Waals surface area contributed by atoms with Gasteiger partial charge in [0.25, 0.3) is 0 Å². The largest absolute Gasteiger partial charge is 0.245 e. The van der Waals surface area contributed by atoms with Crippen molar-refractivity contribution in [2.75, 3.05) is 0 Å². The molecule has 0 radical (unpaired) electrons. The topological polar surface area (TPSA) is 30.7 Å². The minimum atomic E-state index is 0.340. The molecule has 0 aliphatic carbocycles. The number of hydrogen-bond acceptors (Lipinski definition) is 2. The Hall–Kier alpha value is -0.570. The molecule has 0 atom stereocenters. The lowest BCUT2D eigenvalue weighted by Crippen LogP contribution is -2.07. The molecule has 0 aromatic carbocycles. The second-order valence-corrected chi connectivity index (χ2v) is 3.83. The average molecular weight is 202 g/mol. The predicted molar refractivity (Wildman–Crippen MR) is 54.0 cm³/mol. The molecule has 0 N–H and O–H groups in total. The smallest absolute Gasteiger partial charge is 0.174 e. The lowest BCUT2D eigenvalue weighted by molar-refractivity contribution is 0.490. The number of nitrogens with zero attached hydrogens (tertiary/aromatic N) is 3. The molecule has 1 aromatic rings. The van der Waals surface area contributed by atoms with Crippen LogP contribution in [0, 0.1) is 0 Å². The van der Waals surface area contributed by atoms with Crippen molar-refractivity contribution in [3.63, 3.8) is 0 Å². The first kappa shape index (κ1) is 10.5. The zero-order valence-corrected chi connectivity index (χ0v) is 9.17. The van der Waals surface area contributed by atoms with Crippen molar-refractivity contribution in [3.8, 4) is 0 Å². The van der Waals surface area contributed by atoms with E-state index < -0.39 is 0 Å². The van der Waals surface area contributed by atoms with Crippen LogP contribution in [0.3, 0.4) is 0 Å². The highest BCUT2D eigenvalue weighted by Crippen LogP contribution is 2.18. The van der Waals surface area contributed by atoms with Crippen molar-refractivity contribution < 1.29 is 0 Å². The number of unbranched alkanes of at least 4 members (excludes halogenated alkanes) is 1. The maximum atomic E-state index is 5.93. The van der Waals surface area contributed by atoms with E-state index in [-0.39, 0.29) is 0 Å². The lowest BCUT2D eigenvalue weighted by Gasteiger charge is -2.08. The van der Waals surface area contributed by atoms with Crippen LogP contribution in [0.2, 0.25) is 5.15 Å². The fourth-order valence-corrected chi connectivity index (χ4v) is 1.49. The van der Waals surface area contributed by atoms with Gasteiger partial charge >= 0.3 is 0 Å². The number of hydrogen-bond donors (Lipinski definition) is 0. The summed E-state index contributed by atoms with van der Waals surface area (Å²) in [5.74, 6) is 0. The second kappa shape index (κ2) is 4.61. The van der Waals surface area contributed by atoms with E-state index in [0.29, 0.717) is 11.2 Å². The van der Waals surface area contributed by atoms with Gasteiger partial charge in [-0.25, -0.2) is 4.68 Å². The summed E-state index contributed by atoms with van der Waals surface area (Å²) in [5.41, 5.74) is 1.07. The SMILES string of the molecule is CCCCc1c(Cl)nnn1C(C)C. The monoisotopic (exact) mass is 201 g/mol. The van der Waals surface area contributed by atoms with Gasteiger partial charge in [-0.15, -0.1) is 5.10 Å². The van der Waals surface area contributed by atoms with Crippen molar-refractivity contribution in [1.82, 2.24) is 15.0 Å². The van der Waals surface area contributed by atoms with Gasteiger partial charge in [-0.2, -0.15) is 0 Å². The summed E-state index contributed by atoms with van der Waals surface area (Å²) in [4.78, 5) is 0. The van der Waals surface area contributed by atoms with Gasteiger partial charge in [0.15, 0.2) is 5.15 Å². The first-order valence-electron chi connectivity index (χ1n) is 4.76. The Labute approximate surface area is 84.1 Å². The molecule has 0 spiro atoms. The van der Waals surface area contributed by atoms with Crippen LogP contribution < -0.4 is 0 Å². The van der Waals surface area contributed by atoms with Crippen LogP contribution in [-0.4, -0.2) is 15.0 Å². The van der Waals surface area contributed by atoms with E-state index in [1.54, 1.807) is 0 Å². The summed E-state index contributed by atoms with van der Waals surface area (Å²) in [7, 11) is 0. The number of halogens is 1. The van der Waals surface area contributed by atoms with Crippen molar-refractivity contribution in [2.45, 2.75) is 46.1 Å². The highest BCUT2D eigenvalue weighted by molar-refractivity contribution is 6.29. The van der Waals surface area contributed by atoms with E-state index in [4.69, 9.17) is 11.6 Å². The second-order valence-electron chi connectivity index (χ2n) is 3.47. The average Bonchev–Trinajstić information content (AvgIpc) is 2.43. The summed E-state index contributed by atoms with van der Waals surface area (Å²) in [6.07, 6.45) is 3.28. The van der Waals surface area contributed by atoms with Crippen LogP contribution in [-0.2, 0) is 6.42 Å². The minimum Gasteiger partial charge on any atom is -0.245 e. The maximum Gasteiger partial charge on any atom is 0.174 e. The molecule has 0 saturated carbocycles. The minimum absolute atomic E-state index is 0.340. The standard InChI is InChI=1S/C9H16ClN3/c1-4-5-6-8-9(10)11-12-13(8)7(2)3/h7H,4-6H2,1-3H3. The van der Waals surface area contributed by atoms with Gasteiger partial charge in [0.05, 0.1) is 5.69 Å². The van der Waals surface area contributed by atoms with E-state index in [1.165, 1.54) is 6.42 Å². The molecule has 0 aliphatic rings. The normalized spacial score (nSPS) is 11.2. The Balaban J connectivity index is 2.82. The van der Waals surface area contributed by atoms with Crippen LogP contribution in [0.1, 0.15) is 45.3 Å². The molecular formula is C9H16ClN3. The van der Waals surface area contributed by atoms with Crippen molar-refractivity contribution in [2.24, 2.45) is 0 Å². The third kappa shape index (κ3) is 2.44. The molecule has 74 valence electrons. The first-order valence-corrected chi connectivity index (χ1v) is 5.14. The summed E-state index contributed by atoms with van der Waals surface area (Å²) >= 11 is 5.93. The molecule has 0 aliphatic heterocycles. The molecule has 0 amide bonds. The number of aromatic nitrogens is 3. The lowest BCUT2D eigenvalue weighted by atomic mass is 10.2. The fourth-order valence-electron chi connectivity index (χ4n) is 1.27. The zero-order valence-electron chi connectivity index (χ0n) is 8.42. The van der Waals surface area contributed by atoms with Gasteiger partial charge in [0, 0.05) is 6.04 Å². The van der Waals surface area contributed by atoms with Crippen LogP contribution in [0.15, 0.2) is 0 Å². The Morgan fingerprint density at radius 3 is 2.69 bits per heavy atom. The van der Waals surface area contributed by atoms with Gasteiger partial charge in [0.2, 0.25) is 0 Å². The highest BCUT2D eigenvalue weighted by Gasteiger charge is 2.11. The maximum absolute atomic E-state index is 5.93. The van der Waals surface area contributed by atoms with Gasteiger partial charge in [-0.05, 0) is 26.7 Å². The van der Waals surface area contributed by atoms with Crippen LogP contribution in [0.25, 0.3) is 0 Å². The van der Waals surface area contributed by atoms with Crippen LogP contribution in [0.5, 0.6) is 0 Å². The molecule has 0 fully saturated rings. The molecule has 13 heavy (non-hydrogen) atoms. The van der Waals surface area contributed by atoms with E-state index in [9.17, 15) is 0 Å². The fraction of sp³-hybridized carbons (Fsp3) is 0.778. The van der Waals surface area contributed by atoms with Gasteiger partial charge in [-0.3, -0.25) is 0 Å². The molecule has 1 aromatic heterocycles. The Kier molecular flexibility index (Phi) is 3.72. The molecule has 4 heteroatoms. The quantitative estimate of drug-likeness (QED) is 0.750. The molecular weight excluding hydrogens is 186 g/mol. The van der Waals surface area contributed by atoms with Gasteiger partial charge in [0.1, 0.15) is 0 Å². The van der Waals surface area contributed by atoms with Gasteiger partial charge in [-0.1, -0.05) is 30.2 Å². The van der Waals surface area contributed by atoms with Crippen molar-refractivity contribution in [3.05, 3.63) is 10.8 Å². The van der Waals surface area contributed by atoms with E-state index in [0.717, 1.165) is 18.5 Å². The van der Waals surface area contributed by atoms with E-state index in [2.05, 4.69) is 31.1 Å². The van der Waals surface area contributed by atoms with Crippen molar-refractivity contribution in [1.29, 1.82) is 0 Å². The van der Waals surface area contributed by atoms with E-state index in [1.807, 2.05) is 4.68 Å². The number of rotatable bonds is 4. The molecule has 0 saturated heterocycles. The molecule has 0 unspecified atom stereocenters. The van der Waals surface area contributed by atoms with Crippen molar-refractivity contribution >= 4 is 11.6 Å². The zero-order chi connectivity index (χ0) is 9.84. The third-order valence-electron chi connectivity index (χ3n) is 2.00. The summed E-state index contributed by atoms with van der Waals surface area (Å²) in [6, 6.07) is 0.340. The highest BCUT2D eigenvalue weighted by atomic mass is 35.5. The summed E-state index contributed by atoms with van der Waals surface area (Å²) < 4.78 is 1.90. The molecule has 3 nitrogen and oxygen atoms in total. The Morgan fingerprint density at radius 2 is 2.15 bits per heavy atom. The third-order valence-corrected chi connectivity index (χ3v) is 2.29. The summed E-state index contributed by atoms with van der Waals surface area (Å²) in [5, 5.41) is 8.43. The molecule has 0 bridgehead atoms. The Morgan fingerprint density at radius 1 is 1.46 bits per heavy atom. The summed E-state index contributed by atoms with van der Waals surface area (Å²) in [6.45, 7) is 6.33. The van der Waals surface area contributed by atoms with Gasteiger partial charge < -0.3 is 0 Å². The van der Waals surface area contributed by atoms with Crippen LogP contribution in [0.4, 0.5) is 0 Å². The van der Waals surface area contributed by atoms with E-state index >= 15 is 0 Å². The Bertz CT molecular complexity index is 268. The molecule has 1 rings (SSSR count). The molecule has 1 heterocycles. The van der Waals surface area contributed by atoms with Crippen LogP contribution >= 0.6 is 11.6 Å².